The van der Waals surface area contributed by atoms with Crippen LogP contribution < -0.4 is 5.06 Å². The lowest BCUT2D eigenvalue weighted by molar-refractivity contribution is -0.956. The Hall–Kier alpha value is -0.120. The lowest BCUT2D eigenvalue weighted by atomic mass is 9.80. The van der Waals surface area contributed by atoms with Gasteiger partial charge in [0.25, 0.3) is 0 Å². The Labute approximate surface area is 93.4 Å². The van der Waals surface area contributed by atoms with Gasteiger partial charge in [-0.1, -0.05) is 6.92 Å². The van der Waals surface area contributed by atoms with Gasteiger partial charge in [0, 0.05) is 19.4 Å². The highest BCUT2D eigenvalue weighted by Gasteiger charge is 2.45. The van der Waals surface area contributed by atoms with Gasteiger partial charge in [0.05, 0.1) is 17.2 Å². The van der Waals surface area contributed by atoms with Gasteiger partial charge in [-0.3, -0.25) is 0 Å². The molecule has 0 atom stereocenters. The van der Waals surface area contributed by atoms with Crippen molar-refractivity contribution in [2.24, 2.45) is 0 Å². The van der Waals surface area contributed by atoms with E-state index in [1.807, 2.05) is 27.7 Å². The third-order valence-corrected chi connectivity index (χ3v) is 3.26. The van der Waals surface area contributed by atoms with Crippen LogP contribution in [-0.4, -0.2) is 23.8 Å². The topological polar surface area (TPSA) is 36.7 Å². The van der Waals surface area contributed by atoms with Crippen molar-refractivity contribution in [3.63, 3.8) is 0 Å². The van der Waals surface area contributed by atoms with Crippen LogP contribution in [0.25, 0.3) is 0 Å². The van der Waals surface area contributed by atoms with E-state index in [1.54, 1.807) is 0 Å². The first kappa shape index (κ1) is 12.9. The van der Waals surface area contributed by atoms with Crippen LogP contribution in [0.3, 0.4) is 0 Å². The predicted octanol–water partition coefficient (Wildman–Crippen LogP) is 1.52. The molecular formula is C12H25NO2. The zero-order chi connectivity index (χ0) is 11.7. The first-order chi connectivity index (χ1) is 6.79. The van der Waals surface area contributed by atoms with E-state index in [-0.39, 0.29) is 17.2 Å². The van der Waals surface area contributed by atoms with Crippen LogP contribution in [0.1, 0.15) is 53.9 Å². The molecule has 3 nitrogen and oxygen atoms in total. The Bertz CT molecular complexity index is 196. The van der Waals surface area contributed by atoms with Crippen LogP contribution in [0.15, 0.2) is 0 Å². The van der Waals surface area contributed by atoms with Crippen molar-refractivity contribution in [2.75, 3.05) is 6.61 Å². The van der Waals surface area contributed by atoms with Crippen molar-refractivity contribution in [1.82, 2.24) is 0 Å². The monoisotopic (exact) mass is 215 g/mol. The fourth-order valence-electron chi connectivity index (χ4n) is 2.71. The lowest BCUT2D eigenvalue weighted by Crippen LogP contribution is -3.23. The van der Waals surface area contributed by atoms with Crippen LogP contribution in [-0.2, 0) is 4.74 Å². The van der Waals surface area contributed by atoms with Crippen molar-refractivity contribution in [2.45, 2.75) is 71.1 Å². The van der Waals surface area contributed by atoms with E-state index in [9.17, 15) is 5.21 Å². The summed E-state index contributed by atoms with van der Waals surface area (Å²) >= 11 is 0. The molecule has 1 aliphatic rings. The number of hydrogen-bond donors (Lipinski definition) is 1. The highest BCUT2D eigenvalue weighted by molar-refractivity contribution is 4.87. The minimum absolute atomic E-state index is 0.222. The lowest BCUT2D eigenvalue weighted by Gasteiger charge is -2.54. The predicted molar refractivity (Wildman–Crippen MR) is 61.8 cm³/mol. The number of hydrogen-bond acceptors (Lipinski definition) is 2. The summed E-state index contributed by atoms with van der Waals surface area (Å²) in [7, 11) is 0. The van der Waals surface area contributed by atoms with E-state index >= 15 is 0 Å². The van der Waals surface area contributed by atoms with E-state index in [4.69, 9.17) is 4.74 Å². The molecule has 0 aromatic rings. The molecule has 1 aliphatic heterocycles. The molecule has 0 aromatic heterocycles. The summed E-state index contributed by atoms with van der Waals surface area (Å²) in [5.41, 5.74) is -0.444. The smallest absolute Gasteiger partial charge is 0.0946 e. The fraction of sp³-hybridized carbons (Fsp3) is 1.00. The third-order valence-electron chi connectivity index (χ3n) is 3.26. The summed E-state index contributed by atoms with van der Waals surface area (Å²) in [4.78, 5) is 0. The van der Waals surface area contributed by atoms with Crippen LogP contribution in [0.2, 0.25) is 0 Å². The largest absolute Gasteiger partial charge is 0.634 e. The second-order valence-corrected chi connectivity index (χ2v) is 6.00. The molecule has 1 saturated heterocycles. The Kier molecular flexibility index (Phi) is 3.80. The van der Waals surface area contributed by atoms with Gasteiger partial charge in [-0.2, -0.15) is 0 Å². The van der Waals surface area contributed by atoms with E-state index in [0.717, 1.165) is 25.9 Å². The van der Waals surface area contributed by atoms with Gasteiger partial charge in [-0.15, -0.1) is 0 Å². The molecule has 0 radical (unpaired) electrons. The van der Waals surface area contributed by atoms with Crippen molar-refractivity contribution in [3.05, 3.63) is 5.21 Å². The maximum absolute atomic E-state index is 12.1. The first-order valence-electron chi connectivity index (χ1n) is 5.96. The van der Waals surface area contributed by atoms with Crippen molar-refractivity contribution < 1.29 is 9.80 Å². The molecule has 1 N–H and O–H groups in total. The highest BCUT2D eigenvalue weighted by Crippen LogP contribution is 2.25. The van der Waals surface area contributed by atoms with Gasteiger partial charge in [-0.05, 0) is 34.1 Å². The molecule has 1 fully saturated rings. The molecule has 0 unspecified atom stereocenters. The van der Waals surface area contributed by atoms with E-state index in [2.05, 4.69) is 6.92 Å². The average Bonchev–Trinajstić information content (AvgIpc) is 2.10. The molecule has 1 rings (SSSR count). The van der Waals surface area contributed by atoms with Gasteiger partial charge < -0.3 is 15.0 Å². The van der Waals surface area contributed by atoms with E-state index in [1.165, 1.54) is 0 Å². The Morgan fingerprint density at radius 3 is 2.07 bits per heavy atom. The number of rotatable bonds is 3. The summed E-state index contributed by atoms with van der Waals surface area (Å²) in [6.07, 6.45) is 3.04. The van der Waals surface area contributed by atoms with Crippen LogP contribution in [0.5, 0.6) is 0 Å². The maximum atomic E-state index is 12.1. The Morgan fingerprint density at radius 1 is 1.20 bits per heavy atom. The SMILES string of the molecule is CCCOC1CC(C)(C)[NH+]([O-])C(C)(C)C1. The van der Waals surface area contributed by atoms with Gasteiger partial charge in [-0.25, -0.2) is 0 Å². The molecule has 1 heterocycles. The average molecular weight is 215 g/mol. The molecule has 0 amide bonds. The van der Waals surface area contributed by atoms with Crippen molar-refractivity contribution >= 4 is 0 Å². The van der Waals surface area contributed by atoms with Crippen molar-refractivity contribution in [1.29, 1.82) is 0 Å². The Morgan fingerprint density at radius 2 is 1.67 bits per heavy atom. The van der Waals surface area contributed by atoms with Crippen LogP contribution in [0.4, 0.5) is 0 Å². The van der Waals surface area contributed by atoms with E-state index in [0.29, 0.717) is 5.06 Å². The number of hydroxylamine groups is 2. The number of nitrogens with one attached hydrogen (secondary N) is 1. The second-order valence-electron chi connectivity index (χ2n) is 6.00. The van der Waals surface area contributed by atoms with Gasteiger partial charge in [0.1, 0.15) is 0 Å². The van der Waals surface area contributed by atoms with Crippen molar-refractivity contribution in [3.8, 4) is 0 Å². The van der Waals surface area contributed by atoms with Crippen LogP contribution in [0, 0.1) is 5.21 Å². The van der Waals surface area contributed by atoms with Gasteiger partial charge in [0.15, 0.2) is 0 Å². The quantitative estimate of drug-likeness (QED) is 0.725. The molecular weight excluding hydrogens is 190 g/mol. The zero-order valence-corrected chi connectivity index (χ0v) is 10.7. The number of ether oxygens (including phenoxy) is 1. The number of quaternary nitrogens is 1. The van der Waals surface area contributed by atoms with Crippen LogP contribution >= 0.6 is 0 Å². The summed E-state index contributed by atoms with van der Waals surface area (Å²) < 4.78 is 5.80. The summed E-state index contributed by atoms with van der Waals surface area (Å²) in [6, 6.07) is 0. The molecule has 3 heteroatoms. The minimum atomic E-state index is -0.222. The summed E-state index contributed by atoms with van der Waals surface area (Å²) in [6.45, 7) is 11.1. The molecule has 90 valence electrons. The second kappa shape index (κ2) is 4.40. The minimum Gasteiger partial charge on any atom is -0.634 e. The third kappa shape index (κ3) is 2.92. The van der Waals surface area contributed by atoms with Gasteiger partial charge in [0.2, 0.25) is 0 Å². The fourth-order valence-corrected chi connectivity index (χ4v) is 2.71. The molecule has 0 aromatic carbocycles. The summed E-state index contributed by atoms with van der Waals surface area (Å²) in [5.74, 6) is 0. The zero-order valence-electron chi connectivity index (χ0n) is 10.7. The Balaban J connectivity index is 2.66. The molecule has 0 aliphatic carbocycles. The normalized spacial score (nSPS) is 34.0. The summed E-state index contributed by atoms with van der Waals surface area (Å²) in [5, 5.41) is 12.5. The maximum Gasteiger partial charge on any atom is 0.0946 e. The molecule has 15 heavy (non-hydrogen) atoms. The van der Waals surface area contributed by atoms with Gasteiger partial charge >= 0.3 is 0 Å². The molecule has 0 spiro atoms. The molecule has 0 bridgehead atoms. The first-order valence-corrected chi connectivity index (χ1v) is 5.96. The number of piperidine rings is 1. The standard InChI is InChI=1S/C12H25NO2/c1-6-7-15-10-8-11(2,3)13(14)12(4,5)9-10/h10,13H,6-9H2,1-5H3. The highest BCUT2D eigenvalue weighted by atomic mass is 16.5. The van der Waals surface area contributed by atoms with E-state index < -0.39 is 0 Å². The molecule has 0 saturated carbocycles.